The Kier molecular flexibility index (Phi) is 11.0. The number of para-hydroxylation sites is 1. The summed E-state index contributed by atoms with van der Waals surface area (Å²) in [5.41, 5.74) is 20.3. The van der Waals surface area contributed by atoms with Crippen molar-refractivity contribution in [2.24, 2.45) is 17.2 Å². The van der Waals surface area contributed by atoms with Crippen molar-refractivity contribution in [3.05, 3.63) is 78.0 Å². The average Bonchev–Trinajstić information content (AvgIpc) is 2.91. The fourth-order valence-electron chi connectivity index (χ4n) is 4.11. The summed E-state index contributed by atoms with van der Waals surface area (Å²) >= 11 is 0. The molecule has 2 aromatic carbocycles. The molecule has 0 unspecified atom stereocenters. The first-order valence-corrected chi connectivity index (χ1v) is 12.6. The molecule has 0 spiro atoms. The minimum atomic E-state index is -0.699. The molecule has 36 heavy (non-hydrogen) atoms. The van der Waals surface area contributed by atoms with Gasteiger partial charge in [-0.05, 0) is 55.5 Å². The van der Waals surface area contributed by atoms with Crippen molar-refractivity contribution in [3.63, 3.8) is 0 Å². The number of carbonyl (C=O) groups is 2. The van der Waals surface area contributed by atoms with Gasteiger partial charge in [-0.1, -0.05) is 48.5 Å². The highest BCUT2D eigenvalue weighted by atomic mass is 16.2. The maximum atomic E-state index is 13.3. The molecule has 0 saturated carbocycles. The van der Waals surface area contributed by atoms with E-state index in [2.05, 4.69) is 15.6 Å². The van der Waals surface area contributed by atoms with Crippen LogP contribution in [-0.4, -0.2) is 54.4 Å². The first kappa shape index (κ1) is 27.4. The van der Waals surface area contributed by atoms with Gasteiger partial charge in [0.15, 0.2) is 5.78 Å². The molecule has 8 nitrogen and oxygen atoms in total. The van der Waals surface area contributed by atoms with Crippen LogP contribution in [0, 0.1) is 0 Å². The van der Waals surface area contributed by atoms with Crippen molar-refractivity contribution in [2.75, 3.05) is 19.6 Å². The number of ketones is 1. The van der Waals surface area contributed by atoms with E-state index in [1.54, 1.807) is 6.20 Å². The molecule has 192 valence electrons. The van der Waals surface area contributed by atoms with Gasteiger partial charge in [-0.3, -0.25) is 14.6 Å². The number of pyridine rings is 1. The molecule has 0 bridgehead atoms. The van der Waals surface area contributed by atoms with E-state index in [-0.39, 0.29) is 24.2 Å². The van der Waals surface area contributed by atoms with Gasteiger partial charge in [0, 0.05) is 37.1 Å². The standard InChI is InChI=1S/C28H38N6O2/c29-17-23(18-30)32-14-6-10-24(31)28(36)34-26(13-12-20-7-2-1-3-8-20)27(35)16-21-15-22-9-4-5-11-25(22)33-19-21/h1-5,7-9,11,15,19,23-24,26,32H,6,10,12-14,16-18,29-31H2,(H,34,36)/t24-,26-/m0/s1. The van der Waals surface area contributed by atoms with Crippen LogP contribution in [0.1, 0.15) is 30.4 Å². The summed E-state index contributed by atoms with van der Waals surface area (Å²) in [7, 11) is 0. The third-order valence-corrected chi connectivity index (χ3v) is 6.33. The molecule has 1 aromatic heterocycles. The van der Waals surface area contributed by atoms with Crippen LogP contribution in [0.3, 0.4) is 0 Å². The molecular weight excluding hydrogens is 452 g/mol. The number of carbonyl (C=O) groups excluding carboxylic acids is 2. The lowest BCUT2D eigenvalue weighted by Gasteiger charge is -2.21. The van der Waals surface area contributed by atoms with Crippen molar-refractivity contribution in [1.29, 1.82) is 0 Å². The van der Waals surface area contributed by atoms with Crippen LogP contribution in [0.4, 0.5) is 0 Å². The van der Waals surface area contributed by atoms with E-state index in [0.717, 1.165) is 22.0 Å². The highest BCUT2D eigenvalue weighted by molar-refractivity contribution is 5.92. The van der Waals surface area contributed by atoms with Gasteiger partial charge in [0.1, 0.15) is 0 Å². The molecule has 3 aromatic rings. The Bertz CT molecular complexity index is 1100. The van der Waals surface area contributed by atoms with Crippen LogP contribution >= 0.6 is 0 Å². The topological polar surface area (TPSA) is 149 Å². The summed E-state index contributed by atoms with van der Waals surface area (Å²) in [5.74, 6) is -0.369. The first-order valence-electron chi connectivity index (χ1n) is 12.6. The lowest BCUT2D eigenvalue weighted by atomic mass is 9.97. The quantitative estimate of drug-likeness (QED) is 0.202. The second kappa shape index (κ2) is 14.4. The van der Waals surface area contributed by atoms with E-state index in [4.69, 9.17) is 17.2 Å². The molecule has 8 N–H and O–H groups in total. The average molecular weight is 491 g/mol. The molecule has 0 aliphatic heterocycles. The number of nitrogens with one attached hydrogen (secondary N) is 2. The number of aromatic nitrogens is 1. The van der Waals surface area contributed by atoms with E-state index < -0.39 is 12.1 Å². The highest BCUT2D eigenvalue weighted by Gasteiger charge is 2.24. The molecule has 3 rings (SSSR count). The van der Waals surface area contributed by atoms with E-state index >= 15 is 0 Å². The van der Waals surface area contributed by atoms with Gasteiger partial charge >= 0.3 is 0 Å². The Morgan fingerprint density at radius 2 is 1.64 bits per heavy atom. The van der Waals surface area contributed by atoms with Crippen molar-refractivity contribution in [2.45, 2.75) is 50.2 Å². The number of rotatable bonds is 15. The Morgan fingerprint density at radius 1 is 0.917 bits per heavy atom. The number of nitrogens with zero attached hydrogens (tertiary/aromatic N) is 1. The molecule has 8 heteroatoms. The van der Waals surface area contributed by atoms with Crippen molar-refractivity contribution >= 4 is 22.6 Å². The molecule has 0 fully saturated rings. The SMILES string of the molecule is NCC(CN)NCCC[C@H](N)C(=O)N[C@@H](CCc1ccccc1)C(=O)Cc1cnc2ccccc2c1. The molecule has 1 amide bonds. The first-order chi connectivity index (χ1) is 17.5. The summed E-state index contributed by atoms with van der Waals surface area (Å²) in [6.45, 7) is 1.59. The van der Waals surface area contributed by atoms with E-state index in [0.29, 0.717) is 45.3 Å². The van der Waals surface area contributed by atoms with Gasteiger partial charge < -0.3 is 27.8 Å². The van der Waals surface area contributed by atoms with Gasteiger partial charge in [-0.2, -0.15) is 0 Å². The van der Waals surface area contributed by atoms with Crippen LogP contribution in [0.5, 0.6) is 0 Å². The lowest BCUT2D eigenvalue weighted by molar-refractivity contribution is -0.128. The normalized spacial score (nSPS) is 13.0. The number of hydrogen-bond acceptors (Lipinski definition) is 7. The Labute approximate surface area is 213 Å². The molecule has 2 atom stereocenters. The number of Topliss-reactive ketones (excluding diaryl/α,β-unsaturated/α-hetero) is 1. The summed E-state index contributed by atoms with van der Waals surface area (Å²) in [5, 5.41) is 7.16. The fraction of sp³-hybridized carbons (Fsp3) is 0.393. The van der Waals surface area contributed by atoms with Crippen molar-refractivity contribution in [1.82, 2.24) is 15.6 Å². The van der Waals surface area contributed by atoms with Crippen LogP contribution in [-0.2, 0) is 22.4 Å². The highest BCUT2D eigenvalue weighted by Crippen LogP contribution is 2.15. The fourth-order valence-corrected chi connectivity index (χ4v) is 4.11. The van der Waals surface area contributed by atoms with Gasteiger partial charge in [0.25, 0.3) is 0 Å². The number of nitrogens with two attached hydrogens (primary N) is 3. The largest absolute Gasteiger partial charge is 0.345 e. The summed E-state index contributed by atoms with van der Waals surface area (Å²) in [6.07, 6.45) is 4.29. The Morgan fingerprint density at radius 3 is 2.39 bits per heavy atom. The molecule has 0 saturated heterocycles. The van der Waals surface area contributed by atoms with Crippen LogP contribution < -0.4 is 27.8 Å². The molecule has 0 aliphatic carbocycles. The van der Waals surface area contributed by atoms with E-state index in [1.165, 1.54) is 0 Å². The van der Waals surface area contributed by atoms with E-state index in [9.17, 15) is 9.59 Å². The summed E-state index contributed by atoms with van der Waals surface area (Å²) in [4.78, 5) is 30.6. The number of fused-ring (bicyclic) bond motifs is 1. The number of benzene rings is 2. The summed E-state index contributed by atoms with van der Waals surface area (Å²) in [6, 6.07) is 18.4. The second-order valence-corrected chi connectivity index (χ2v) is 9.14. The third-order valence-electron chi connectivity index (χ3n) is 6.33. The Balaban J connectivity index is 1.61. The number of aryl methyl sites for hydroxylation is 1. The van der Waals surface area contributed by atoms with Crippen LogP contribution in [0.25, 0.3) is 10.9 Å². The maximum absolute atomic E-state index is 13.3. The predicted octanol–water partition coefficient (Wildman–Crippen LogP) is 1.45. The summed E-state index contributed by atoms with van der Waals surface area (Å²) < 4.78 is 0. The molecule has 0 radical (unpaired) electrons. The Hall–Kier alpha value is -3.17. The zero-order valence-corrected chi connectivity index (χ0v) is 20.7. The minimum absolute atomic E-state index is 0.0552. The third kappa shape index (κ3) is 8.49. The van der Waals surface area contributed by atoms with Gasteiger partial charge in [0.2, 0.25) is 5.91 Å². The molecule has 0 aliphatic rings. The van der Waals surface area contributed by atoms with Crippen LogP contribution in [0.2, 0.25) is 0 Å². The lowest BCUT2D eigenvalue weighted by Crippen LogP contribution is -2.49. The molecule has 1 heterocycles. The van der Waals surface area contributed by atoms with Gasteiger partial charge in [-0.15, -0.1) is 0 Å². The minimum Gasteiger partial charge on any atom is -0.345 e. The van der Waals surface area contributed by atoms with Crippen LogP contribution in [0.15, 0.2) is 66.9 Å². The monoisotopic (exact) mass is 490 g/mol. The van der Waals surface area contributed by atoms with Crippen molar-refractivity contribution in [3.8, 4) is 0 Å². The second-order valence-electron chi connectivity index (χ2n) is 9.14. The van der Waals surface area contributed by atoms with Gasteiger partial charge in [0.05, 0.1) is 17.6 Å². The zero-order valence-electron chi connectivity index (χ0n) is 20.7. The number of hydrogen-bond donors (Lipinski definition) is 5. The van der Waals surface area contributed by atoms with Crippen molar-refractivity contribution < 1.29 is 9.59 Å². The van der Waals surface area contributed by atoms with E-state index in [1.807, 2.05) is 60.7 Å². The smallest absolute Gasteiger partial charge is 0.237 e. The van der Waals surface area contributed by atoms with Gasteiger partial charge in [-0.25, -0.2) is 0 Å². The number of amides is 1. The molecular formula is C28H38N6O2. The maximum Gasteiger partial charge on any atom is 0.237 e. The zero-order chi connectivity index (χ0) is 25.8. The predicted molar refractivity (Wildman–Crippen MR) is 144 cm³/mol.